The summed E-state index contributed by atoms with van der Waals surface area (Å²) in [4.78, 5) is 72.4. The molecule has 0 bridgehead atoms. The van der Waals surface area contributed by atoms with Crippen molar-refractivity contribution in [3.05, 3.63) is 0 Å². The number of rotatable bonds is 66. The minimum atomic E-state index is -4.95. The summed E-state index contributed by atoms with van der Waals surface area (Å²) >= 11 is 0. The van der Waals surface area contributed by atoms with Gasteiger partial charge in [-0.2, -0.15) is 0 Å². The highest BCUT2D eigenvalue weighted by Gasteiger charge is 2.30. The lowest BCUT2D eigenvalue weighted by Crippen LogP contribution is -2.30. The maximum Gasteiger partial charge on any atom is 0.472 e. The normalized spacial score (nSPS) is 14.6. The van der Waals surface area contributed by atoms with E-state index in [-0.39, 0.29) is 25.7 Å². The predicted octanol–water partition coefficient (Wildman–Crippen LogP) is 19.1. The zero-order valence-corrected chi connectivity index (χ0v) is 58.3. The lowest BCUT2D eigenvalue weighted by molar-refractivity contribution is -0.161. The Bertz CT molecular complexity index is 1720. The molecule has 0 aliphatic heterocycles. The van der Waals surface area contributed by atoms with Crippen molar-refractivity contribution in [1.29, 1.82) is 0 Å². The van der Waals surface area contributed by atoms with Gasteiger partial charge in [0.15, 0.2) is 12.2 Å². The number of esters is 4. The maximum absolute atomic E-state index is 13.0. The second-order valence-electron chi connectivity index (χ2n) is 25.8. The quantitative estimate of drug-likeness (QED) is 0.0222. The van der Waals surface area contributed by atoms with Gasteiger partial charge in [-0.15, -0.1) is 0 Å². The lowest BCUT2D eigenvalue weighted by Gasteiger charge is -2.21. The molecule has 0 saturated heterocycles. The van der Waals surface area contributed by atoms with Crippen LogP contribution in [0.2, 0.25) is 0 Å². The molecule has 0 amide bonds. The van der Waals surface area contributed by atoms with Crippen LogP contribution in [0.25, 0.3) is 0 Å². The van der Waals surface area contributed by atoms with Crippen molar-refractivity contribution in [2.24, 2.45) is 17.8 Å². The van der Waals surface area contributed by atoms with Crippen molar-refractivity contribution >= 4 is 39.5 Å². The van der Waals surface area contributed by atoms with E-state index < -0.39 is 97.5 Å². The molecule has 516 valence electrons. The van der Waals surface area contributed by atoms with Crippen molar-refractivity contribution in [2.45, 2.75) is 356 Å². The number of carbonyl (C=O) groups is 4. The molecule has 0 aromatic carbocycles. The molecular weight excluding hydrogens is 1150 g/mol. The van der Waals surface area contributed by atoms with E-state index in [0.717, 1.165) is 102 Å². The summed E-state index contributed by atoms with van der Waals surface area (Å²) in [6, 6.07) is 0. The third-order valence-corrected chi connectivity index (χ3v) is 17.9. The highest BCUT2D eigenvalue weighted by molar-refractivity contribution is 7.47. The number of hydrogen-bond acceptors (Lipinski definition) is 15. The summed E-state index contributed by atoms with van der Waals surface area (Å²) in [5, 5.41) is 10.6. The van der Waals surface area contributed by atoms with E-state index in [4.69, 9.17) is 37.0 Å². The molecule has 0 aromatic heterocycles. The molecular formula is C68H132O17P2. The van der Waals surface area contributed by atoms with Crippen molar-refractivity contribution in [2.75, 3.05) is 39.6 Å². The summed E-state index contributed by atoms with van der Waals surface area (Å²) in [6.45, 7) is 11.7. The first-order chi connectivity index (χ1) is 41.8. The Balaban J connectivity index is 5.25. The van der Waals surface area contributed by atoms with Gasteiger partial charge in [-0.1, -0.05) is 286 Å². The van der Waals surface area contributed by atoms with Crippen molar-refractivity contribution in [3.8, 4) is 0 Å². The zero-order valence-electron chi connectivity index (χ0n) is 56.5. The zero-order chi connectivity index (χ0) is 64.5. The third kappa shape index (κ3) is 61.3. The van der Waals surface area contributed by atoms with Gasteiger partial charge in [-0.3, -0.25) is 37.3 Å². The summed E-state index contributed by atoms with van der Waals surface area (Å²) in [7, 11) is -9.90. The van der Waals surface area contributed by atoms with Gasteiger partial charge in [0.25, 0.3) is 0 Å². The predicted molar refractivity (Wildman–Crippen MR) is 349 cm³/mol. The van der Waals surface area contributed by atoms with Gasteiger partial charge >= 0.3 is 39.5 Å². The van der Waals surface area contributed by atoms with E-state index >= 15 is 0 Å². The van der Waals surface area contributed by atoms with E-state index in [2.05, 4.69) is 48.5 Å². The summed E-state index contributed by atoms with van der Waals surface area (Å²) in [5.41, 5.74) is 0. The number of carbonyl (C=O) groups excluding carboxylic acids is 4. The molecule has 0 spiro atoms. The fourth-order valence-corrected chi connectivity index (χ4v) is 11.7. The molecule has 0 fully saturated rings. The summed E-state index contributed by atoms with van der Waals surface area (Å²) < 4.78 is 68.2. The van der Waals surface area contributed by atoms with E-state index in [1.165, 1.54) is 141 Å². The fourth-order valence-electron chi connectivity index (χ4n) is 10.2. The minimum Gasteiger partial charge on any atom is -0.462 e. The third-order valence-electron chi connectivity index (χ3n) is 16.0. The fraction of sp³-hybridized carbons (Fsp3) is 0.941. The smallest absolute Gasteiger partial charge is 0.462 e. The van der Waals surface area contributed by atoms with Crippen molar-refractivity contribution in [3.63, 3.8) is 0 Å². The molecule has 6 atom stereocenters. The Morgan fingerprint density at radius 1 is 0.333 bits per heavy atom. The molecule has 0 radical (unpaired) electrons. The number of unbranched alkanes of at least 4 members (excludes halogenated alkanes) is 33. The van der Waals surface area contributed by atoms with Gasteiger partial charge in [0.05, 0.1) is 26.4 Å². The van der Waals surface area contributed by atoms with Gasteiger partial charge in [-0.05, 0) is 43.4 Å². The average molecular weight is 1280 g/mol. The molecule has 3 N–H and O–H groups in total. The highest BCUT2D eigenvalue weighted by atomic mass is 31.2. The van der Waals surface area contributed by atoms with Crippen LogP contribution in [0.5, 0.6) is 0 Å². The molecule has 0 aliphatic rings. The SMILES string of the molecule is CCCCCCCCCCCCCCCCCC(=O)O[C@H](COC(=O)CCCCCCCCCCC(C)CC)COP(=O)(O)OC[C@@H](O)COP(=O)(O)OC[C@@H](COC(=O)CCCCCCCCCC(C)C)OC(=O)CCCCCCCCCC(C)C. The first kappa shape index (κ1) is 85.1. The molecule has 0 saturated carbocycles. The molecule has 3 unspecified atom stereocenters. The van der Waals surface area contributed by atoms with Crippen LogP contribution in [-0.4, -0.2) is 96.7 Å². The first-order valence-electron chi connectivity index (χ1n) is 35.4. The second kappa shape index (κ2) is 59.1. The molecule has 0 aromatic rings. The molecule has 0 rings (SSSR count). The Kier molecular flexibility index (Phi) is 57.8. The van der Waals surface area contributed by atoms with Crippen LogP contribution < -0.4 is 0 Å². The lowest BCUT2D eigenvalue weighted by atomic mass is 9.99. The van der Waals surface area contributed by atoms with Crippen molar-refractivity contribution in [1.82, 2.24) is 0 Å². The summed E-state index contributed by atoms with van der Waals surface area (Å²) in [5.74, 6) is 0.0466. The number of phosphoric acid groups is 2. The first-order valence-corrected chi connectivity index (χ1v) is 38.4. The number of ether oxygens (including phenoxy) is 4. The number of phosphoric ester groups is 2. The largest absolute Gasteiger partial charge is 0.472 e. The molecule has 0 aliphatic carbocycles. The Morgan fingerprint density at radius 2 is 0.586 bits per heavy atom. The second-order valence-corrected chi connectivity index (χ2v) is 28.7. The van der Waals surface area contributed by atoms with E-state index in [1.807, 2.05) is 0 Å². The number of aliphatic hydroxyl groups excluding tert-OH is 1. The maximum atomic E-state index is 13.0. The number of hydrogen-bond donors (Lipinski definition) is 3. The molecule has 0 heterocycles. The Labute approximate surface area is 530 Å². The average Bonchev–Trinajstić information content (AvgIpc) is 3.51. The van der Waals surface area contributed by atoms with E-state index in [9.17, 15) is 43.2 Å². The van der Waals surface area contributed by atoms with Gasteiger partial charge in [-0.25, -0.2) is 9.13 Å². The van der Waals surface area contributed by atoms with Crippen LogP contribution in [0.1, 0.15) is 337 Å². The Morgan fingerprint density at radius 3 is 0.874 bits per heavy atom. The Hall–Kier alpha value is -1.94. The van der Waals surface area contributed by atoms with Crippen LogP contribution in [-0.2, 0) is 65.4 Å². The van der Waals surface area contributed by atoms with Crippen LogP contribution in [0.3, 0.4) is 0 Å². The van der Waals surface area contributed by atoms with Gasteiger partial charge in [0.1, 0.15) is 19.3 Å². The van der Waals surface area contributed by atoms with E-state index in [0.29, 0.717) is 37.5 Å². The van der Waals surface area contributed by atoms with E-state index in [1.54, 1.807) is 0 Å². The van der Waals surface area contributed by atoms with Crippen LogP contribution in [0, 0.1) is 17.8 Å². The molecule has 19 heteroatoms. The molecule has 17 nitrogen and oxygen atoms in total. The number of aliphatic hydroxyl groups is 1. The van der Waals surface area contributed by atoms with Gasteiger partial charge < -0.3 is 33.8 Å². The topological polar surface area (TPSA) is 237 Å². The highest BCUT2D eigenvalue weighted by Crippen LogP contribution is 2.45. The van der Waals surface area contributed by atoms with Crippen molar-refractivity contribution < 1.29 is 80.2 Å². The minimum absolute atomic E-state index is 0.102. The van der Waals surface area contributed by atoms with Crippen LogP contribution in [0.4, 0.5) is 0 Å². The standard InChI is InChI=1S/C68H132O17P2/c1-8-10-11-12-13-14-15-16-17-18-19-20-29-37-44-51-67(72)84-63(55-78-65(70)49-42-35-28-22-21-27-34-41-48-61(7)9-2)57-82-86(74,75)80-53-62(69)54-81-87(76,77)83-58-64(85-68(73)52-45-38-31-24-26-33-40-47-60(5)6)56-79-66(71)50-43-36-30-23-25-32-39-46-59(3)4/h59-64,69H,8-58H2,1-7H3,(H,74,75)(H,76,77)/t61?,62-,63-,64-/m1/s1. The summed E-state index contributed by atoms with van der Waals surface area (Å²) in [6.07, 6.45) is 41.8. The molecule has 87 heavy (non-hydrogen) atoms. The monoisotopic (exact) mass is 1280 g/mol. The van der Waals surface area contributed by atoms with Gasteiger partial charge in [0.2, 0.25) is 0 Å². The van der Waals surface area contributed by atoms with Gasteiger partial charge in [0, 0.05) is 25.7 Å². The van der Waals surface area contributed by atoms with Crippen LogP contribution in [0.15, 0.2) is 0 Å². The van der Waals surface area contributed by atoms with Crippen LogP contribution >= 0.6 is 15.6 Å².